The van der Waals surface area contributed by atoms with Gasteiger partial charge in [0, 0.05) is 12.1 Å². The van der Waals surface area contributed by atoms with Gasteiger partial charge in [0.1, 0.15) is 11.4 Å². The molecule has 1 heterocycles. The van der Waals surface area contributed by atoms with E-state index in [9.17, 15) is 9.18 Å². The number of aliphatic imine (C=N–C) groups is 1. The van der Waals surface area contributed by atoms with E-state index in [0.717, 1.165) is 25.7 Å². The minimum absolute atomic E-state index is 0.0429. The van der Waals surface area contributed by atoms with Gasteiger partial charge in [-0.1, -0.05) is 12.8 Å². The zero-order valence-corrected chi connectivity index (χ0v) is 11.6. The van der Waals surface area contributed by atoms with Crippen LogP contribution in [0.3, 0.4) is 0 Å². The molecular weight excluding hydrogens is 279 g/mol. The molecule has 4 nitrogen and oxygen atoms in total. The quantitative estimate of drug-likeness (QED) is 0.621. The van der Waals surface area contributed by atoms with E-state index in [2.05, 4.69) is 22.4 Å². The van der Waals surface area contributed by atoms with Gasteiger partial charge in [0.25, 0.3) is 5.91 Å². The fraction of sp³-hybridized carbons (Fsp3) is 0.429. The van der Waals surface area contributed by atoms with Crippen molar-refractivity contribution < 1.29 is 13.9 Å². The van der Waals surface area contributed by atoms with E-state index < -0.39 is 5.82 Å². The van der Waals surface area contributed by atoms with Crippen molar-refractivity contribution >= 4 is 34.7 Å². The summed E-state index contributed by atoms with van der Waals surface area (Å²) < 4.78 is 19.1. The van der Waals surface area contributed by atoms with Crippen LogP contribution >= 0.6 is 12.2 Å². The van der Waals surface area contributed by atoms with Crippen LogP contribution in [0.25, 0.3) is 0 Å². The molecule has 0 saturated heterocycles. The number of ether oxygens (including phenoxy) is 1. The van der Waals surface area contributed by atoms with Gasteiger partial charge in [0.2, 0.25) is 0 Å². The van der Waals surface area contributed by atoms with E-state index in [1.165, 1.54) is 12.1 Å². The normalized spacial score (nSPS) is 18.4. The summed E-state index contributed by atoms with van der Waals surface area (Å²) >= 11 is 4.51. The number of rotatable bonds is 2. The molecule has 1 aliphatic carbocycles. The topological polar surface area (TPSA) is 41.9 Å². The fourth-order valence-corrected chi connectivity index (χ4v) is 2.98. The van der Waals surface area contributed by atoms with Crippen molar-refractivity contribution in [2.24, 2.45) is 4.99 Å². The fourth-order valence-electron chi connectivity index (χ4n) is 2.88. The second kappa shape index (κ2) is 5.31. The third-order valence-electron chi connectivity index (χ3n) is 3.76. The number of carbonyl (C=O) groups excluding carboxylic acids is 1. The maximum atomic E-state index is 13.8. The molecule has 1 aromatic rings. The number of carbonyl (C=O) groups is 1. The molecule has 0 atom stereocenters. The van der Waals surface area contributed by atoms with Crippen molar-refractivity contribution in [2.45, 2.75) is 31.7 Å². The Morgan fingerprint density at radius 3 is 2.85 bits per heavy atom. The van der Waals surface area contributed by atoms with Crippen molar-refractivity contribution in [1.82, 2.24) is 0 Å². The van der Waals surface area contributed by atoms with Crippen LogP contribution in [0.2, 0.25) is 0 Å². The summed E-state index contributed by atoms with van der Waals surface area (Å²) in [7, 11) is 0. The molecule has 0 aromatic heterocycles. The molecular formula is C14H13FN2O2S. The standard InChI is InChI=1S/C14H13FN2O2S/c15-10-5-13-12(6-11(10)16-8-20)17(14(18)7-19-13)9-3-1-2-4-9/h5-6,9H,1-4,7H2. The van der Waals surface area contributed by atoms with E-state index in [1.807, 2.05) is 0 Å². The lowest BCUT2D eigenvalue weighted by Crippen LogP contribution is -2.44. The van der Waals surface area contributed by atoms with Gasteiger partial charge >= 0.3 is 0 Å². The Kier molecular flexibility index (Phi) is 3.51. The van der Waals surface area contributed by atoms with Crippen LogP contribution in [0, 0.1) is 5.82 Å². The number of benzene rings is 1. The first-order chi connectivity index (χ1) is 9.70. The summed E-state index contributed by atoms with van der Waals surface area (Å²) in [5, 5.41) is 2.15. The largest absolute Gasteiger partial charge is 0.481 e. The Morgan fingerprint density at radius 2 is 2.15 bits per heavy atom. The lowest BCUT2D eigenvalue weighted by atomic mass is 10.1. The molecule has 1 aliphatic heterocycles. The molecule has 0 unspecified atom stereocenters. The van der Waals surface area contributed by atoms with Crippen LogP contribution in [0.15, 0.2) is 17.1 Å². The monoisotopic (exact) mass is 292 g/mol. The van der Waals surface area contributed by atoms with Gasteiger partial charge in [-0.05, 0) is 31.1 Å². The minimum Gasteiger partial charge on any atom is -0.481 e. The van der Waals surface area contributed by atoms with Gasteiger partial charge in [-0.3, -0.25) is 4.79 Å². The van der Waals surface area contributed by atoms with Crippen LogP contribution in [0.5, 0.6) is 5.75 Å². The summed E-state index contributed by atoms with van der Waals surface area (Å²) in [6.07, 6.45) is 4.15. The van der Waals surface area contributed by atoms with Crippen molar-refractivity contribution in [3.05, 3.63) is 17.9 Å². The molecule has 1 fully saturated rings. The summed E-state index contributed by atoms with van der Waals surface area (Å²) in [6.45, 7) is -0.0429. The summed E-state index contributed by atoms with van der Waals surface area (Å²) in [6, 6.07) is 2.94. The SMILES string of the molecule is O=C1COc2cc(F)c(N=C=S)cc2N1C1CCCC1. The molecule has 0 radical (unpaired) electrons. The first kappa shape index (κ1) is 13.2. The maximum Gasteiger partial charge on any atom is 0.265 e. The van der Waals surface area contributed by atoms with Crippen molar-refractivity contribution in [3.63, 3.8) is 0 Å². The molecule has 3 rings (SSSR count). The molecule has 0 bridgehead atoms. The molecule has 0 spiro atoms. The lowest BCUT2D eigenvalue weighted by molar-refractivity contribution is -0.121. The summed E-state index contributed by atoms with van der Waals surface area (Å²) in [5.74, 6) is -0.229. The Morgan fingerprint density at radius 1 is 1.40 bits per heavy atom. The average Bonchev–Trinajstić information content (AvgIpc) is 2.94. The van der Waals surface area contributed by atoms with Crippen molar-refractivity contribution in [1.29, 1.82) is 0 Å². The molecule has 1 saturated carbocycles. The Hall–Kier alpha value is -1.78. The van der Waals surface area contributed by atoms with Crippen molar-refractivity contribution in [2.75, 3.05) is 11.5 Å². The molecule has 104 valence electrons. The number of hydrogen-bond acceptors (Lipinski definition) is 4. The van der Waals surface area contributed by atoms with Gasteiger partial charge in [-0.2, -0.15) is 4.99 Å². The van der Waals surface area contributed by atoms with Crippen molar-refractivity contribution in [3.8, 4) is 5.75 Å². The second-order valence-corrected chi connectivity index (χ2v) is 5.15. The Bertz CT molecular complexity index is 607. The number of thiocarbonyl (C=S) groups is 1. The minimum atomic E-state index is -0.526. The molecule has 0 N–H and O–H groups in total. The summed E-state index contributed by atoms with van der Waals surface area (Å²) in [5.41, 5.74) is 0.665. The highest BCUT2D eigenvalue weighted by atomic mass is 32.1. The number of isothiocyanates is 1. The van der Waals surface area contributed by atoms with Crippen LogP contribution in [0.4, 0.5) is 15.8 Å². The van der Waals surface area contributed by atoms with Gasteiger partial charge < -0.3 is 9.64 Å². The first-order valence-electron chi connectivity index (χ1n) is 6.57. The molecule has 1 aromatic carbocycles. The number of fused-ring (bicyclic) bond motifs is 1. The van der Waals surface area contributed by atoms with Gasteiger partial charge in [0.05, 0.1) is 10.8 Å². The lowest BCUT2D eigenvalue weighted by Gasteiger charge is -2.34. The number of anilines is 1. The molecule has 6 heteroatoms. The Labute approximate surface area is 121 Å². The third-order valence-corrected chi connectivity index (χ3v) is 3.86. The number of amides is 1. The predicted octanol–water partition coefficient (Wildman–Crippen LogP) is 3.23. The number of nitrogens with zero attached hydrogens (tertiary/aromatic N) is 2. The van der Waals surface area contributed by atoms with Crippen LogP contribution in [0.1, 0.15) is 25.7 Å². The maximum absolute atomic E-state index is 13.8. The highest BCUT2D eigenvalue weighted by molar-refractivity contribution is 7.78. The van der Waals surface area contributed by atoms with Gasteiger partial charge in [-0.25, -0.2) is 4.39 Å². The number of halogens is 1. The average molecular weight is 292 g/mol. The zero-order chi connectivity index (χ0) is 14.1. The van der Waals surface area contributed by atoms with E-state index in [4.69, 9.17) is 4.74 Å². The van der Waals surface area contributed by atoms with E-state index in [0.29, 0.717) is 11.4 Å². The predicted molar refractivity (Wildman–Crippen MR) is 76.3 cm³/mol. The second-order valence-electron chi connectivity index (χ2n) is 4.97. The van der Waals surface area contributed by atoms with Gasteiger partial charge in [-0.15, -0.1) is 0 Å². The van der Waals surface area contributed by atoms with E-state index in [-0.39, 0.29) is 24.2 Å². The smallest absolute Gasteiger partial charge is 0.265 e. The Balaban J connectivity index is 2.08. The molecule has 1 amide bonds. The van der Waals surface area contributed by atoms with Gasteiger partial charge in [0.15, 0.2) is 12.4 Å². The highest BCUT2D eigenvalue weighted by Crippen LogP contribution is 2.40. The molecule has 20 heavy (non-hydrogen) atoms. The van der Waals surface area contributed by atoms with Crippen LogP contribution in [-0.4, -0.2) is 23.7 Å². The first-order valence-corrected chi connectivity index (χ1v) is 6.98. The summed E-state index contributed by atoms with van der Waals surface area (Å²) in [4.78, 5) is 17.6. The van der Waals surface area contributed by atoms with Crippen LogP contribution < -0.4 is 9.64 Å². The highest BCUT2D eigenvalue weighted by Gasteiger charge is 2.34. The van der Waals surface area contributed by atoms with Crippen LogP contribution in [-0.2, 0) is 4.79 Å². The third kappa shape index (κ3) is 2.21. The molecule has 2 aliphatic rings. The van der Waals surface area contributed by atoms with E-state index in [1.54, 1.807) is 4.90 Å². The zero-order valence-electron chi connectivity index (χ0n) is 10.8. The number of hydrogen-bond donors (Lipinski definition) is 0. The van der Waals surface area contributed by atoms with E-state index >= 15 is 0 Å².